The molecule has 0 atom stereocenters. The van der Waals surface area contributed by atoms with E-state index in [4.69, 9.17) is 0 Å². The van der Waals surface area contributed by atoms with Gasteiger partial charge in [0.1, 0.15) is 0 Å². The lowest BCUT2D eigenvalue weighted by Gasteiger charge is -2.40. The molecule has 96 valence electrons. The Bertz CT molecular complexity index is 456. The summed E-state index contributed by atoms with van der Waals surface area (Å²) < 4.78 is 0. The minimum absolute atomic E-state index is 0.0248. The summed E-state index contributed by atoms with van der Waals surface area (Å²) in [6.07, 6.45) is 6.14. The third-order valence-corrected chi connectivity index (χ3v) is 3.47. The third kappa shape index (κ3) is 2.99. The quantitative estimate of drug-likeness (QED) is 0.797. The number of hydrogen-bond acceptors (Lipinski definition) is 2. The van der Waals surface area contributed by atoms with Crippen LogP contribution >= 0.6 is 0 Å². The zero-order valence-corrected chi connectivity index (χ0v) is 10.6. The summed E-state index contributed by atoms with van der Waals surface area (Å²) in [6, 6.07) is 7.97. The summed E-state index contributed by atoms with van der Waals surface area (Å²) in [4.78, 5) is 11.8. The minimum atomic E-state index is -0.367. The number of aliphatic hydroxyl groups excluding tert-OH is 1. The van der Waals surface area contributed by atoms with E-state index in [1.807, 2.05) is 31.2 Å². The van der Waals surface area contributed by atoms with Crippen LogP contribution in [-0.2, 0) is 4.79 Å². The number of amides is 1. The molecule has 0 heterocycles. The van der Waals surface area contributed by atoms with Crippen LogP contribution in [0.1, 0.15) is 30.4 Å². The van der Waals surface area contributed by atoms with Crippen molar-refractivity contribution in [2.24, 2.45) is 0 Å². The fraction of sp³-hybridized carbons (Fsp3) is 0.400. The SMILES string of the molecule is Cc1cccc(/C=C/C(=O)NC2(CO)CCC2)c1. The van der Waals surface area contributed by atoms with Gasteiger partial charge in [-0.25, -0.2) is 0 Å². The highest BCUT2D eigenvalue weighted by Crippen LogP contribution is 2.31. The molecule has 3 nitrogen and oxygen atoms in total. The second kappa shape index (κ2) is 5.36. The molecule has 0 saturated heterocycles. The van der Waals surface area contributed by atoms with Crippen molar-refractivity contribution < 1.29 is 9.90 Å². The zero-order chi connectivity index (χ0) is 13.0. The van der Waals surface area contributed by atoms with E-state index in [0.717, 1.165) is 24.8 Å². The molecule has 0 bridgehead atoms. The van der Waals surface area contributed by atoms with E-state index < -0.39 is 0 Å². The van der Waals surface area contributed by atoms with Crippen LogP contribution in [0.2, 0.25) is 0 Å². The van der Waals surface area contributed by atoms with Gasteiger partial charge in [-0.3, -0.25) is 4.79 Å². The average Bonchev–Trinajstić information content (AvgIpc) is 2.31. The Kier molecular flexibility index (Phi) is 3.82. The lowest BCUT2D eigenvalue weighted by atomic mass is 9.77. The van der Waals surface area contributed by atoms with E-state index in [1.54, 1.807) is 6.08 Å². The number of benzene rings is 1. The fourth-order valence-electron chi connectivity index (χ4n) is 2.17. The van der Waals surface area contributed by atoms with Crippen molar-refractivity contribution in [1.82, 2.24) is 5.32 Å². The predicted octanol–water partition coefficient (Wildman–Crippen LogP) is 2.04. The van der Waals surface area contributed by atoms with E-state index in [1.165, 1.54) is 11.6 Å². The number of nitrogens with one attached hydrogen (secondary N) is 1. The number of aryl methyl sites for hydroxylation is 1. The van der Waals surface area contributed by atoms with Crippen molar-refractivity contribution in [3.05, 3.63) is 41.5 Å². The Labute approximate surface area is 108 Å². The molecule has 1 aliphatic rings. The van der Waals surface area contributed by atoms with E-state index >= 15 is 0 Å². The summed E-state index contributed by atoms with van der Waals surface area (Å²) >= 11 is 0. The van der Waals surface area contributed by atoms with Gasteiger partial charge in [0.15, 0.2) is 0 Å². The summed E-state index contributed by atoms with van der Waals surface area (Å²) in [5, 5.41) is 12.2. The molecular weight excluding hydrogens is 226 g/mol. The number of carbonyl (C=O) groups excluding carboxylic acids is 1. The highest BCUT2D eigenvalue weighted by atomic mass is 16.3. The normalized spacial score (nSPS) is 17.4. The maximum absolute atomic E-state index is 11.8. The fourth-order valence-corrected chi connectivity index (χ4v) is 2.17. The van der Waals surface area contributed by atoms with Gasteiger partial charge in [-0.15, -0.1) is 0 Å². The Hall–Kier alpha value is -1.61. The molecule has 1 aromatic rings. The molecule has 0 radical (unpaired) electrons. The molecular formula is C15H19NO2. The highest BCUT2D eigenvalue weighted by molar-refractivity contribution is 5.92. The minimum Gasteiger partial charge on any atom is -0.394 e. The first-order chi connectivity index (χ1) is 8.63. The summed E-state index contributed by atoms with van der Waals surface area (Å²) in [6.45, 7) is 2.05. The molecule has 2 N–H and O–H groups in total. The van der Waals surface area contributed by atoms with Gasteiger partial charge in [0.2, 0.25) is 5.91 Å². The van der Waals surface area contributed by atoms with Gasteiger partial charge in [0.05, 0.1) is 12.1 Å². The maximum atomic E-state index is 11.8. The van der Waals surface area contributed by atoms with Crippen molar-refractivity contribution in [3.8, 4) is 0 Å². The summed E-state index contributed by atoms with van der Waals surface area (Å²) in [5.74, 6) is -0.134. The second-order valence-electron chi connectivity index (χ2n) is 5.03. The van der Waals surface area contributed by atoms with Gasteiger partial charge in [-0.1, -0.05) is 29.8 Å². The summed E-state index contributed by atoms with van der Waals surface area (Å²) in [5.41, 5.74) is 1.81. The molecule has 0 unspecified atom stereocenters. The van der Waals surface area contributed by atoms with Crippen LogP contribution in [0.4, 0.5) is 0 Å². The van der Waals surface area contributed by atoms with Crippen molar-refractivity contribution in [1.29, 1.82) is 0 Å². The van der Waals surface area contributed by atoms with Gasteiger partial charge in [-0.2, -0.15) is 0 Å². The Morgan fingerprint density at radius 3 is 2.83 bits per heavy atom. The Balaban J connectivity index is 1.95. The molecule has 2 rings (SSSR count). The van der Waals surface area contributed by atoms with E-state index in [0.29, 0.717) is 0 Å². The van der Waals surface area contributed by atoms with Crippen molar-refractivity contribution in [2.75, 3.05) is 6.61 Å². The lowest BCUT2D eigenvalue weighted by Crippen LogP contribution is -2.55. The monoisotopic (exact) mass is 245 g/mol. The van der Waals surface area contributed by atoms with Gasteiger partial charge < -0.3 is 10.4 Å². The molecule has 1 saturated carbocycles. The highest BCUT2D eigenvalue weighted by Gasteiger charge is 2.37. The standard InChI is InChI=1S/C15H19NO2/c1-12-4-2-5-13(10-12)6-7-14(18)16-15(11-17)8-3-9-15/h2,4-7,10,17H,3,8-9,11H2,1H3,(H,16,18)/b7-6+. The van der Waals surface area contributed by atoms with Crippen LogP contribution in [-0.4, -0.2) is 23.2 Å². The number of carbonyl (C=O) groups is 1. The van der Waals surface area contributed by atoms with Crippen molar-refractivity contribution in [3.63, 3.8) is 0 Å². The molecule has 0 aliphatic heterocycles. The largest absolute Gasteiger partial charge is 0.394 e. The van der Waals surface area contributed by atoms with Crippen LogP contribution < -0.4 is 5.32 Å². The zero-order valence-electron chi connectivity index (χ0n) is 10.6. The smallest absolute Gasteiger partial charge is 0.244 e. The van der Waals surface area contributed by atoms with Gasteiger partial charge >= 0.3 is 0 Å². The van der Waals surface area contributed by atoms with E-state index in [-0.39, 0.29) is 18.1 Å². The Morgan fingerprint density at radius 1 is 1.50 bits per heavy atom. The average molecular weight is 245 g/mol. The van der Waals surface area contributed by atoms with Crippen LogP contribution in [0, 0.1) is 6.92 Å². The van der Waals surface area contributed by atoms with Crippen molar-refractivity contribution in [2.45, 2.75) is 31.7 Å². The molecule has 3 heteroatoms. The second-order valence-corrected chi connectivity index (χ2v) is 5.03. The molecule has 18 heavy (non-hydrogen) atoms. The predicted molar refractivity (Wildman–Crippen MR) is 72.0 cm³/mol. The van der Waals surface area contributed by atoms with E-state index in [9.17, 15) is 9.90 Å². The first-order valence-electron chi connectivity index (χ1n) is 6.31. The van der Waals surface area contributed by atoms with Gasteiger partial charge in [0, 0.05) is 6.08 Å². The first-order valence-corrected chi connectivity index (χ1v) is 6.31. The number of hydrogen-bond donors (Lipinski definition) is 2. The van der Waals surface area contributed by atoms with E-state index in [2.05, 4.69) is 5.32 Å². The topological polar surface area (TPSA) is 49.3 Å². The lowest BCUT2D eigenvalue weighted by molar-refractivity contribution is -0.120. The van der Waals surface area contributed by atoms with Gasteiger partial charge in [0.25, 0.3) is 0 Å². The van der Waals surface area contributed by atoms with Crippen LogP contribution in [0.3, 0.4) is 0 Å². The Morgan fingerprint density at radius 2 is 2.28 bits per heavy atom. The van der Waals surface area contributed by atoms with Crippen LogP contribution in [0.15, 0.2) is 30.3 Å². The molecule has 1 aromatic carbocycles. The summed E-state index contributed by atoms with van der Waals surface area (Å²) in [7, 11) is 0. The first kappa shape index (κ1) is 12.8. The molecule has 1 fully saturated rings. The third-order valence-electron chi connectivity index (χ3n) is 3.47. The maximum Gasteiger partial charge on any atom is 0.244 e. The molecule has 1 amide bonds. The van der Waals surface area contributed by atoms with Crippen molar-refractivity contribution >= 4 is 12.0 Å². The van der Waals surface area contributed by atoms with Crippen LogP contribution in [0.25, 0.3) is 6.08 Å². The van der Waals surface area contributed by atoms with Crippen LogP contribution in [0.5, 0.6) is 0 Å². The number of rotatable bonds is 4. The van der Waals surface area contributed by atoms with Gasteiger partial charge in [-0.05, 0) is 37.8 Å². The number of aliphatic hydroxyl groups is 1. The molecule has 0 aromatic heterocycles. The molecule has 0 spiro atoms. The molecule has 1 aliphatic carbocycles.